The molecule has 2 aliphatic heterocycles. The summed E-state index contributed by atoms with van der Waals surface area (Å²) in [6.07, 6.45) is 3.00. The molecule has 4 rings (SSSR count). The van der Waals surface area contributed by atoms with E-state index < -0.39 is 0 Å². The summed E-state index contributed by atoms with van der Waals surface area (Å²) in [5.74, 6) is 1.15. The van der Waals surface area contributed by atoms with Crippen molar-refractivity contribution in [3.05, 3.63) is 53.7 Å². The van der Waals surface area contributed by atoms with Gasteiger partial charge >= 0.3 is 0 Å². The van der Waals surface area contributed by atoms with Gasteiger partial charge in [-0.1, -0.05) is 6.07 Å². The number of aryl methyl sites for hydroxylation is 1. The van der Waals surface area contributed by atoms with Crippen LogP contribution in [0.3, 0.4) is 0 Å². The maximum Gasteiger partial charge on any atom is 0.253 e. The van der Waals surface area contributed by atoms with Gasteiger partial charge in [-0.3, -0.25) is 9.59 Å². The molecule has 1 aromatic heterocycles. The highest BCUT2D eigenvalue weighted by Crippen LogP contribution is 2.28. The third-order valence-corrected chi connectivity index (χ3v) is 5.21. The predicted octanol–water partition coefficient (Wildman–Crippen LogP) is 1.95. The van der Waals surface area contributed by atoms with Crippen LogP contribution in [0.2, 0.25) is 0 Å². The molecular weight excluding hydrogens is 328 g/mol. The van der Waals surface area contributed by atoms with E-state index in [0.717, 1.165) is 30.2 Å². The molecule has 6 heteroatoms. The van der Waals surface area contributed by atoms with Crippen molar-refractivity contribution in [2.45, 2.75) is 12.8 Å². The Morgan fingerprint density at radius 2 is 1.85 bits per heavy atom. The lowest BCUT2D eigenvalue weighted by Crippen LogP contribution is -2.49. The fraction of sp³-hybridized carbons (Fsp3) is 0.350. The summed E-state index contributed by atoms with van der Waals surface area (Å²) < 4.78 is 0. The predicted molar refractivity (Wildman–Crippen MR) is 101 cm³/mol. The minimum atomic E-state index is 0.0630. The van der Waals surface area contributed by atoms with E-state index in [2.05, 4.69) is 9.88 Å². The number of aromatic nitrogens is 1. The van der Waals surface area contributed by atoms with Crippen LogP contribution in [0.1, 0.15) is 22.3 Å². The van der Waals surface area contributed by atoms with Crippen LogP contribution in [-0.4, -0.2) is 54.9 Å². The molecule has 3 heterocycles. The van der Waals surface area contributed by atoms with Crippen molar-refractivity contribution < 1.29 is 9.59 Å². The van der Waals surface area contributed by atoms with Gasteiger partial charge in [0.15, 0.2) is 0 Å². The second-order valence-electron chi connectivity index (χ2n) is 6.76. The molecule has 6 nitrogen and oxygen atoms in total. The Morgan fingerprint density at radius 1 is 1.04 bits per heavy atom. The van der Waals surface area contributed by atoms with E-state index in [4.69, 9.17) is 0 Å². The molecule has 26 heavy (non-hydrogen) atoms. The summed E-state index contributed by atoms with van der Waals surface area (Å²) in [6, 6.07) is 11.6. The first kappa shape index (κ1) is 16.6. The number of amides is 2. The molecule has 1 saturated heterocycles. The Balaban J connectivity index is 1.45. The SMILES string of the molecule is CN1C(=O)CCc2cc(C(=O)N3CCN(c4ccccn4)CC3)ccc21. The van der Waals surface area contributed by atoms with Gasteiger partial charge in [0.2, 0.25) is 5.91 Å². The standard InChI is InChI=1S/C20H22N4O2/c1-22-17-7-5-16(14-15(17)6-8-19(22)25)20(26)24-12-10-23(11-13-24)18-4-2-3-9-21-18/h2-5,7,9,14H,6,8,10-13H2,1H3. The first-order valence-electron chi connectivity index (χ1n) is 8.98. The number of hydrogen-bond donors (Lipinski definition) is 0. The highest BCUT2D eigenvalue weighted by atomic mass is 16.2. The zero-order valence-corrected chi connectivity index (χ0v) is 14.9. The number of anilines is 2. The molecule has 0 bridgehead atoms. The van der Waals surface area contributed by atoms with E-state index in [-0.39, 0.29) is 11.8 Å². The van der Waals surface area contributed by atoms with Gasteiger partial charge in [0, 0.05) is 57.1 Å². The summed E-state index contributed by atoms with van der Waals surface area (Å²) in [5, 5.41) is 0. The van der Waals surface area contributed by atoms with Gasteiger partial charge in [0.1, 0.15) is 5.82 Å². The topological polar surface area (TPSA) is 56.8 Å². The number of carbonyl (C=O) groups is 2. The largest absolute Gasteiger partial charge is 0.353 e. The van der Waals surface area contributed by atoms with Gasteiger partial charge in [-0.15, -0.1) is 0 Å². The average molecular weight is 350 g/mol. The molecule has 0 atom stereocenters. The number of hydrogen-bond acceptors (Lipinski definition) is 4. The van der Waals surface area contributed by atoms with Crippen molar-refractivity contribution in [2.24, 2.45) is 0 Å². The number of fused-ring (bicyclic) bond motifs is 1. The molecule has 0 saturated carbocycles. The molecule has 0 N–H and O–H groups in total. The fourth-order valence-corrected chi connectivity index (χ4v) is 3.65. The second-order valence-corrected chi connectivity index (χ2v) is 6.76. The molecule has 0 spiro atoms. The van der Waals surface area contributed by atoms with Crippen molar-refractivity contribution in [2.75, 3.05) is 43.0 Å². The third-order valence-electron chi connectivity index (χ3n) is 5.21. The third kappa shape index (κ3) is 3.03. The second kappa shape index (κ2) is 6.78. The highest BCUT2D eigenvalue weighted by molar-refractivity contribution is 5.99. The van der Waals surface area contributed by atoms with Gasteiger partial charge in [-0.05, 0) is 42.3 Å². The van der Waals surface area contributed by atoms with Crippen molar-refractivity contribution in [1.29, 1.82) is 0 Å². The van der Waals surface area contributed by atoms with Crippen molar-refractivity contribution in [3.63, 3.8) is 0 Å². The Morgan fingerprint density at radius 3 is 2.58 bits per heavy atom. The maximum absolute atomic E-state index is 12.9. The summed E-state index contributed by atoms with van der Waals surface area (Å²) in [5.41, 5.74) is 2.70. The van der Waals surface area contributed by atoms with Crippen LogP contribution in [0, 0.1) is 0 Å². The summed E-state index contributed by atoms with van der Waals surface area (Å²) in [4.78, 5) is 34.9. The molecule has 0 radical (unpaired) electrons. The van der Waals surface area contributed by atoms with Gasteiger partial charge < -0.3 is 14.7 Å². The minimum absolute atomic E-state index is 0.0630. The molecule has 2 aliphatic rings. The van der Waals surface area contributed by atoms with Crippen LogP contribution in [0.15, 0.2) is 42.6 Å². The van der Waals surface area contributed by atoms with Gasteiger partial charge in [-0.2, -0.15) is 0 Å². The molecule has 1 aromatic carbocycles. The summed E-state index contributed by atoms with van der Waals surface area (Å²) in [6.45, 7) is 2.94. The van der Waals surface area contributed by atoms with E-state index >= 15 is 0 Å². The first-order valence-corrected chi connectivity index (χ1v) is 8.98. The average Bonchev–Trinajstić information content (AvgIpc) is 2.71. The van der Waals surface area contributed by atoms with E-state index in [1.165, 1.54) is 0 Å². The summed E-state index contributed by atoms with van der Waals surface area (Å²) in [7, 11) is 1.79. The normalized spacial score (nSPS) is 17.3. The number of pyridine rings is 1. The van der Waals surface area contributed by atoms with Crippen molar-refractivity contribution in [3.8, 4) is 0 Å². The van der Waals surface area contributed by atoms with Crippen molar-refractivity contribution in [1.82, 2.24) is 9.88 Å². The van der Waals surface area contributed by atoms with E-state index in [0.29, 0.717) is 31.5 Å². The van der Waals surface area contributed by atoms with Crippen molar-refractivity contribution >= 4 is 23.3 Å². The zero-order valence-electron chi connectivity index (χ0n) is 14.9. The Labute approximate surface area is 153 Å². The molecule has 134 valence electrons. The van der Waals surface area contributed by atoms with Crippen LogP contribution in [0.4, 0.5) is 11.5 Å². The van der Waals surface area contributed by atoms with Gasteiger partial charge in [-0.25, -0.2) is 4.98 Å². The Bertz CT molecular complexity index is 829. The smallest absolute Gasteiger partial charge is 0.253 e. The zero-order chi connectivity index (χ0) is 18.1. The van der Waals surface area contributed by atoms with Crippen LogP contribution < -0.4 is 9.80 Å². The van der Waals surface area contributed by atoms with Crippen LogP contribution in [-0.2, 0) is 11.2 Å². The quantitative estimate of drug-likeness (QED) is 0.831. The lowest BCUT2D eigenvalue weighted by atomic mass is 9.98. The molecule has 0 aliphatic carbocycles. The minimum Gasteiger partial charge on any atom is -0.353 e. The number of benzene rings is 1. The number of nitrogens with zero attached hydrogens (tertiary/aromatic N) is 4. The Hall–Kier alpha value is -2.89. The molecule has 2 aromatic rings. The molecule has 1 fully saturated rings. The van der Waals surface area contributed by atoms with Crippen LogP contribution in [0.5, 0.6) is 0 Å². The molecular formula is C20H22N4O2. The van der Waals surface area contributed by atoms with E-state index in [1.807, 2.05) is 41.3 Å². The number of piperazine rings is 1. The van der Waals surface area contributed by atoms with E-state index in [1.54, 1.807) is 18.1 Å². The number of carbonyl (C=O) groups excluding carboxylic acids is 2. The van der Waals surface area contributed by atoms with Gasteiger partial charge in [0.25, 0.3) is 5.91 Å². The lowest BCUT2D eigenvalue weighted by Gasteiger charge is -2.35. The van der Waals surface area contributed by atoms with Crippen LogP contribution in [0.25, 0.3) is 0 Å². The maximum atomic E-state index is 12.9. The Kier molecular flexibility index (Phi) is 4.32. The molecule has 2 amide bonds. The highest BCUT2D eigenvalue weighted by Gasteiger charge is 2.25. The first-order chi connectivity index (χ1) is 12.6. The monoisotopic (exact) mass is 350 g/mol. The number of rotatable bonds is 2. The summed E-state index contributed by atoms with van der Waals surface area (Å²) >= 11 is 0. The molecule has 0 unspecified atom stereocenters. The lowest BCUT2D eigenvalue weighted by molar-refractivity contribution is -0.118. The van der Waals surface area contributed by atoms with Gasteiger partial charge in [0.05, 0.1) is 0 Å². The van der Waals surface area contributed by atoms with Crippen LogP contribution >= 0.6 is 0 Å². The van der Waals surface area contributed by atoms with E-state index in [9.17, 15) is 9.59 Å². The fourth-order valence-electron chi connectivity index (χ4n) is 3.65.